The lowest BCUT2D eigenvalue weighted by Gasteiger charge is -2.22. The number of amides is 1. The molecule has 156 valence electrons. The summed E-state index contributed by atoms with van der Waals surface area (Å²) in [5, 5.41) is 9.16. The predicted molar refractivity (Wildman–Crippen MR) is 120 cm³/mol. The number of nitrogens with zero attached hydrogens (tertiary/aromatic N) is 3. The Morgan fingerprint density at radius 1 is 1.00 bits per heavy atom. The van der Waals surface area contributed by atoms with E-state index in [4.69, 9.17) is 14.5 Å². The summed E-state index contributed by atoms with van der Waals surface area (Å²) in [6.07, 6.45) is 5.26. The summed E-state index contributed by atoms with van der Waals surface area (Å²) in [7, 11) is 0. The standard InChI is InChI=1S/C25H17N3O4/c29-24-21(14-19-7-4-12-32-19)27-23-20(13-16-5-2-1-3-6-16)26-22(15-28(23)24)17-8-10-18(11-9-17)25(30)31/h1-12,14-15H,13H2,(H,30,31)/b21-14-. The maximum atomic E-state index is 13.1. The summed E-state index contributed by atoms with van der Waals surface area (Å²) in [5.41, 5.74) is 3.38. The van der Waals surface area contributed by atoms with Gasteiger partial charge in [-0.2, -0.15) is 0 Å². The number of hydrogen-bond donors (Lipinski definition) is 1. The predicted octanol–water partition coefficient (Wildman–Crippen LogP) is 4.26. The lowest BCUT2D eigenvalue weighted by molar-refractivity contribution is -0.120. The van der Waals surface area contributed by atoms with Crippen molar-refractivity contribution in [3.05, 3.63) is 107 Å². The van der Waals surface area contributed by atoms with Gasteiger partial charge in [-0.1, -0.05) is 42.5 Å². The van der Waals surface area contributed by atoms with Gasteiger partial charge in [-0.25, -0.2) is 14.8 Å². The monoisotopic (exact) mass is 423 g/mol. The zero-order valence-electron chi connectivity index (χ0n) is 16.8. The van der Waals surface area contributed by atoms with Gasteiger partial charge in [-0.15, -0.1) is 0 Å². The zero-order chi connectivity index (χ0) is 22.1. The van der Waals surface area contributed by atoms with Gasteiger partial charge >= 0.3 is 5.97 Å². The van der Waals surface area contributed by atoms with E-state index in [0.29, 0.717) is 35.0 Å². The molecule has 0 bridgehead atoms. The van der Waals surface area contributed by atoms with Gasteiger partial charge in [0.1, 0.15) is 11.5 Å². The van der Waals surface area contributed by atoms with Crippen molar-refractivity contribution >= 4 is 35.2 Å². The zero-order valence-corrected chi connectivity index (χ0v) is 16.8. The maximum absolute atomic E-state index is 13.1. The molecule has 5 rings (SSSR count). The van der Waals surface area contributed by atoms with Crippen molar-refractivity contribution in [1.82, 2.24) is 4.90 Å². The largest absolute Gasteiger partial charge is 0.478 e. The van der Waals surface area contributed by atoms with Crippen LogP contribution in [0.15, 0.2) is 99.3 Å². The van der Waals surface area contributed by atoms with Gasteiger partial charge in [0, 0.05) is 24.3 Å². The normalized spacial score (nSPS) is 16.5. The number of furan rings is 1. The molecule has 1 N–H and O–H groups in total. The van der Waals surface area contributed by atoms with Gasteiger partial charge < -0.3 is 9.52 Å². The highest BCUT2D eigenvalue weighted by atomic mass is 16.4. The van der Waals surface area contributed by atoms with Crippen LogP contribution in [0.5, 0.6) is 0 Å². The van der Waals surface area contributed by atoms with Crippen molar-refractivity contribution in [3.8, 4) is 0 Å². The lowest BCUT2D eigenvalue weighted by Crippen LogP contribution is -2.36. The first-order chi connectivity index (χ1) is 15.6. The third kappa shape index (κ3) is 3.67. The van der Waals surface area contributed by atoms with E-state index < -0.39 is 5.97 Å². The Bertz CT molecular complexity index is 1320. The molecule has 1 amide bonds. The first kappa shape index (κ1) is 19.4. The lowest BCUT2D eigenvalue weighted by atomic mass is 10.0. The molecule has 2 aliphatic heterocycles. The molecule has 3 heterocycles. The van der Waals surface area contributed by atoms with Crippen molar-refractivity contribution in [2.45, 2.75) is 6.42 Å². The van der Waals surface area contributed by atoms with Crippen molar-refractivity contribution in [3.63, 3.8) is 0 Å². The molecule has 0 spiro atoms. The minimum atomic E-state index is -1.00. The highest BCUT2D eigenvalue weighted by molar-refractivity contribution is 6.48. The summed E-state index contributed by atoms with van der Waals surface area (Å²) in [4.78, 5) is 35.1. The molecule has 0 unspecified atom stereocenters. The summed E-state index contributed by atoms with van der Waals surface area (Å²) >= 11 is 0. The molecule has 1 aromatic heterocycles. The van der Waals surface area contributed by atoms with E-state index in [1.165, 1.54) is 23.3 Å². The molecule has 7 heteroatoms. The van der Waals surface area contributed by atoms with Gasteiger partial charge in [0.15, 0.2) is 5.84 Å². The number of aromatic carboxylic acids is 1. The minimum Gasteiger partial charge on any atom is -0.478 e. The molecule has 0 saturated heterocycles. The van der Waals surface area contributed by atoms with Gasteiger partial charge in [-0.05, 0) is 29.8 Å². The number of amidine groups is 1. The average Bonchev–Trinajstić information content (AvgIpc) is 3.43. The van der Waals surface area contributed by atoms with Crippen LogP contribution in [0.4, 0.5) is 0 Å². The number of carbonyl (C=O) groups is 2. The number of rotatable bonds is 5. The van der Waals surface area contributed by atoms with Crippen LogP contribution >= 0.6 is 0 Å². The van der Waals surface area contributed by atoms with Crippen LogP contribution in [0.1, 0.15) is 27.2 Å². The summed E-state index contributed by atoms with van der Waals surface area (Å²) in [6, 6.07) is 19.7. The van der Waals surface area contributed by atoms with Crippen molar-refractivity contribution in [2.24, 2.45) is 9.98 Å². The molecule has 2 aromatic carbocycles. The molecule has 2 aliphatic rings. The fourth-order valence-electron chi connectivity index (χ4n) is 3.54. The summed E-state index contributed by atoms with van der Waals surface area (Å²) in [5.74, 6) is -0.272. The van der Waals surface area contributed by atoms with E-state index >= 15 is 0 Å². The second-order valence-corrected chi connectivity index (χ2v) is 7.27. The van der Waals surface area contributed by atoms with E-state index in [9.17, 15) is 9.59 Å². The third-order valence-electron chi connectivity index (χ3n) is 5.12. The molecule has 0 atom stereocenters. The number of carboxylic acid groups (broad SMARTS) is 1. The number of benzene rings is 2. The molecular weight excluding hydrogens is 406 g/mol. The Labute approximate surface area is 183 Å². The Kier molecular flexibility index (Phi) is 4.84. The SMILES string of the molecule is O=C(O)c1ccc(C2=CN3C(=O)/C(=C/c4ccco4)N=C3C(Cc3ccccc3)=N2)cc1. The first-order valence-electron chi connectivity index (χ1n) is 9.93. The van der Waals surface area contributed by atoms with Crippen LogP contribution in [-0.4, -0.2) is 33.4 Å². The first-order valence-corrected chi connectivity index (χ1v) is 9.93. The third-order valence-corrected chi connectivity index (χ3v) is 5.12. The van der Waals surface area contributed by atoms with E-state index in [2.05, 4.69) is 4.99 Å². The molecule has 7 nitrogen and oxygen atoms in total. The molecule has 0 radical (unpaired) electrons. The van der Waals surface area contributed by atoms with Gasteiger partial charge in [0.2, 0.25) is 0 Å². The fraction of sp³-hybridized carbons (Fsp3) is 0.0400. The minimum absolute atomic E-state index is 0.182. The summed E-state index contributed by atoms with van der Waals surface area (Å²) in [6.45, 7) is 0. The van der Waals surface area contributed by atoms with Crippen LogP contribution in [-0.2, 0) is 11.2 Å². The summed E-state index contributed by atoms with van der Waals surface area (Å²) < 4.78 is 5.33. The fourth-order valence-corrected chi connectivity index (χ4v) is 3.54. The van der Waals surface area contributed by atoms with Gasteiger partial charge in [-0.3, -0.25) is 9.69 Å². The van der Waals surface area contributed by atoms with E-state index in [-0.39, 0.29) is 17.2 Å². The van der Waals surface area contributed by atoms with Crippen LogP contribution in [0.2, 0.25) is 0 Å². The molecule has 32 heavy (non-hydrogen) atoms. The van der Waals surface area contributed by atoms with Crippen molar-refractivity contribution in [1.29, 1.82) is 0 Å². The number of aliphatic imine (C=N–C) groups is 2. The smallest absolute Gasteiger partial charge is 0.335 e. The maximum Gasteiger partial charge on any atom is 0.335 e. The highest BCUT2D eigenvalue weighted by Crippen LogP contribution is 2.29. The van der Waals surface area contributed by atoms with Gasteiger partial charge in [0.05, 0.1) is 23.2 Å². The van der Waals surface area contributed by atoms with E-state index in [1.807, 2.05) is 30.3 Å². The van der Waals surface area contributed by atoms with Crippen LogP contribution in [0.25, 0.3) is 11.8 Å². The quantitative estimate of drug-likeness (QED) is 0.621. The van der Waals surface area contributed by atoms with Crippen molar-refractivity contribution in [2.75, 3.05) is 0 Å². The Hall–Kier alpha value is -4.52. The topological polar surface area (TPSA) is 95.5 Å². The molecule has 0 aliphatic carbocycles. The van der Waals surface area contributed by atoms with Gasteiger partial charge in [0.25, 0.3) is 5.91 Å². The molecule has 0 fully saturated rings. The van der Waals surface area contributed by atoms with Crippen LogP contribution < -0.4 is 0 Å². The average molecular weight is 423 g/mol. The van der Waals surface area contributed by atoms with Crippen LogP contribution in [0, 0.1) is 0 Å². The van der Waals surface area contributed by atoms with E-state index in [1.54, 1.807) is 36.5 Å². The second kappa shape index (κ2) is 7.96. The number of fused-ring (bicyclic) bond motifs is 1. The number of carbonyl (C=O) groups excluding carboxylic acids is 1. The Morgan fingerprint density at radius 3 is 2.47 bits per heavy atom. The second-order valence-electron chi connectivity index (χ2n) is 7.27. The molecule has 0 saturated carbocycles. The Balaban J connectivity index is 1.56. The molecular formula is C25H17N3O4. The Morgan fingerprint density at radius 2 is 1.78 bits per heavy atom. The number of hydrogen-bond acceptors (Lipinski definition) is 5. The number of carboxylic acids is 1. The van der Waals surface area contributed by atoms with E-state index in [0.717, 1.165) is 5.56 Å². The van der Waals surface area contributed by atoms with Crippen molar-refractivity contribution < 1.29 is 19.1 Å². The van der Waals surface area contributed by atoms with Crippen LogP contribution in [0.3, 0.4) is 0 Å². The highest BCUT2D eigenvalue weighted by Gasteiger charge is 2.35. The molecule has 3 aromatic rings.